The van der Waals surface area contributed by atoms with E-state index in [2.05, 4.69) is 4.98 Å². The number of imidazole rings is 1. The van der Waals surface area contributed by atoms with Gasteiger partial charge in [-0.05, 0) is 25.8 Å². The molecule has 0 aliphatic heterocycles. The Morgan fingerprint density at radius 2 is 1.69 bits per heavy atom. The molecule has 0 saturated heterocycles. The summed E-state index contributed by atoms with van der Waals surface area (Å²) < 4.78 is 30.1. The number of rotatable bonds is 9. The van der Waals surface area contributed by atoms with Gasteiger partial charge in [0.05, 0.1) is 9.82 Å². The Hall–Kier alpha value is -3.28. The van der Waals surface area contributed by atoms with E-state index in [1.54, 1.807) is 0 Å². The Kier molecular flexibility index (Phi) is 6.63. The second-order valence-corrected chi connectivity index (χ2v) is 9.24. The number of nitrogens with zero attached hydrogens (tertiary/aromatic N) is 5. The normalized spacial score (nSPS) is 11.8. The molecule has 3 aromatic rings. The first kappa shape index (κ1) is 23.4. The zero-order chi connectivity index (χ0) is 23.6. The summed E-state index contributed by atoms with van der Waals surface area (Å²) >= 11 is 0. The maximum Gasteiger partial charge on any atom is 0.332 e. The molecule has 0 unspecified atom stereocenters. The molecule has 0 spiro atoms. The monoisotopic (exact) mass is 463 g/mol. The van der Waals surface area contributed by atoms with Gasteiger partial charge in [0.2, 0.25) is 0 Å². The lowest BCUT2D eigenvalue weighted by atomic mass is 10.3. The van der Waals surface area contributed by atoms with Gasteiger partial charge in [0, 0.05) is 25.2 Å². The van der Waals surface area contributed by atoms with E-state index in [0.29, 0.717) is 12.8 Å². The lowest BCUT2D eigenvalue weighted by molar-refractivity contribution is -0.385. The van der Waals surface area contributed by atoms with Gasteiger partial charge in [0.25, 0.3) is 21.3 Å². The number of hydrogen-bond donors (Lipinski definition) is 0. The maximum atomic E-state index is 13.5. The molecule has 0 atom stereocenters. The SMILES string of the molecule is CCCCn1c(=O)c2c(nc(C)n2S(=O)(=O)c2cccc([N+](=O)[O-])c2)n(CCCC)c1=O. The third-order valence-electron chi connectivity index (χ3n) is 5.18. The third-order valence-corrected chi connectivity index (χ3v) is 6.96. The summed E-state index contributed by atoms with van der Waals surface area (Å²) in [6.45, 7) is 5.72. The van der Waals surface area contributed by atoms with Gasteiger partial charge in [-0.25, -0.2) is 22.2 Å². The summed E-state index contributed by atoms with van der Waals surface area (Å²) in [7, 11) is -4.40. The van der Waals surface area contributed by atoms with Gasteiger partial charge < -0.3 is 0 Å². The van der Waals surface area contributed by atoms with E-state index >= 15 is 0 Å². The predicted molar refractivity (Wildman–Crippen MR) is 118 cm³/mol. The van der Waals surface area contributed by atoms with Crippen LogP contribution in [0, 0.1) is 17.0 Å². The molecule has 172 valence electrons. The van der Waals surface area contributed by atoms with Gasteiger partial charge in [0.15, 0.2) is 11.2 Å². The van der Waals surface area contributed by atoms with Crippen LogP contribution in [0.1, 0.15) is 45.4 Å². The average molecular weight is 464 g/mol. The molecule has 12 heteroatoms. The fraction of sp³-hybridized carbons (Fsp3) is 0.450. The molecule has 2 heterocycles. The van der Waals surface area contributed by atoms with Crippen LogP contribution in [0.25, 0.3) is 11.2 Å². The van der Waals surface area contributed by atoms with Crippen LogP contribution in [-0.4, -0.2) is 31.4 Å². The van der Waals surface area contributed by atoms with Gasteiger partial charge in [-0.1, -0.05) is 32.8 Å². The van der Waals surface area contributed by atoms with Crippen LogP contribution in [0.4, 0.5) is 5.69 Å². The Morgan fingerprint density at radius 3 is 2.28 bits per heavy atom. The van der Waals surface area contributed by atoms with Gasteiger partial charge in [0.1, 0.15) is 5.82 Å². The number of non-ortho nitro benzene ring substituents is 1. The average Bonchev–Trinajstić information content (AvgIpc) is 3.11. The molecule has 0 fully saturated rings. The number of benzene rings is 1. The van der Waals surface area contributed by atoms with Gasteiger partial charge in [-0.2, -0.15) is 0 Å². The number of aryl methyl sites for hydroxylation is 2. The smallest absolute Gasteiger partial charge is 0.276 e. The molecule has 11 nitrogen and oxygen atoms in total. The van der Waals surface area contributed by atoms with Crippen molar-refractivity contribution in [2.24, 2.45) is 0 Å². The number of hydrogen-bond acceptors (Lipinski definition) is 7. The lowest BCUT2D eigenvalue weighted by Gasteiger charge is -2.12. The number of unbranched alkanes of at least 4 members (excludes halogenated alkanes) is 2. The highest BCUT2D eigenvalue weighted by molar-refractivity contribution is 7.90. The topological polar surface area (TPSA) is 139 Å². The first-order chi connectivity index (χ1) is 15.1. The fourth-order valence-corrected chi connectivity index (χ4v) is 5.03. The Balaban J connectivity index is 2.39. The van der Waals surface area contributed by atoms with Crippen molar-refractivity contribution >= 4 is 26.9 Å². The fourth-order valence-electron chi connectivity index (χ4n) is 3.51. The highest BCUT2D eigenvalue weighted by Crippen LogP contribution is 2.23. The lowest BCUT2D eigenvalue weighted by Crippen LogP contribution is -2.41. The van der Waals surface area contributed by atoms with Crippen molar-refractivity contribution in [3.05, 3.63) is 61.0 Å². The summed E-state index contributed by atoms with van der Waals surface area (Å²) in [5, 5.41) is 11.1. The van der Waals surface area contributed by atoms with E-state index in [4.69, 9.17) is 0 Å². The second kappa shape index (κ2) is 9.07. The Labute approximate surface area is 184 Å². The first-order valence-electron chi connectivity index (χ1n) is 10.4. The van der Waals surface area contributed by atoms with Crippen molar-refractivity contribution in [1.29, 1.82) is 0 Å². The van der Waals surface area contributed by atoms with Gasteiger partial charge in [-0.3, -0.25) is 24.0 Å². The predicted octanol–water partition coefficient (Wildman–Crippen LogP) is 2.41. The highest BCUT2D eigenvalue weighted by Gasteiger charge is 2.29. The Bertz CT molecular complexity index is 1400. The van der Waals surface area contributed by atoms with Crippen molar-refractivity contribution < 1.29 is 13.3 Å². The summed E-state index contributed by atoms with van der Waals surface area (Å²) in [6.07, 6.45) is 2.74. The number of nitro groups is 1. The molecule has 0 amide bonds. The number of nitro benzene ring substituents is 1. The van der Waals surface area contributed by atoms with Crippen molar-refractivity contribution in [2.45, 2.75) is 64.4 Å². The van der Waals surface area contributed by atoms with Crippen LogP contribution in [-0.2, 0) is 23.1 Å². The molecule has 0 radical (unpaired) electrons. The Morgan fingerprint density at radius 1 is 1.06 bits per heavy atom. The van der Waals surface area contributed by atoms with Crippen molar-refractivity contribution in [3.63, 3.8) is 0 Å². The second-order valence-electron chi connectivity index (χ2n) is 7.45. The largest absolute Gasteiger partial charge is 0.332 e. The molecule has 32 heavy (non-hydrogen) atoms. The quantitative estimate of drug-likeness (QED) is 0.351. The molecular weight excluding hydrogens is 438 g/mol. The summed E-state index contributed by atoms with van der Waals surface area (Å²) in [5.74, 6) is -0.0125. The van der Waals surface area contributed by atoms with Crippen molar-refractivity contribution in [1.82, 2.24) is 18.1 Å². The van der Waals surface area contributed by atoms with E-state index in [-0.39, 0.29) is 35.0 Å². The third kappa shape index (κ3) is 3.97. The molecule has 2 aromatic heterocycles. The summed E-state index contributed by atoms with van der Waals surface area (Å²) in [4.78, 5) is 40.7. The zero-order valence-corrected chi connectivity index (χ0v) is 19.0. The molecule has 0 N–H and O–H groups in total. The summed E-state index contributed by atoms with van der Waals surface area (Å²) in [6, 6.07) is 4.59. The van der Waals surface area contributed by atoms with E-state index in [1.165, 1.54) is 29.7 Å². The molecule has 3 rings (SSSR count). The van der Waals surface area contributed by atoms with E-state index < -0.39 is 31.9 Å². The van der Waals surface area contributed by atoms with Crippen LogP contribution in [0.3, 0.4) is 0 Å². The van der Waals surface area contributed by atoms with Gasteiger partial charge in [-0.15, -0.1) is 0 Å². The molecule has 0 saturated carbocycles. The van der Waals surface area contributed by atoms with Crippen molar-refractivity contribution in [3.8, 4) is 0 Å². The first-order valence-corrected chi connectivity index (χ1v) is 11.8. The maximum absolute atomic E-state index is 13.5. The molecule has 0 bridgehead atoms. The van der Waals surface area contributed by atoms with Crippen molar-refractivity contribution in [2.75, 3.05) is 0 Å². The number of aromatic nitrogens is 4. The minimum absolute atomic E-state index is 0.00676. The van der Waals surface area contributed by atoms with E-state index in [1.807, 2.05) is 13.8 Å². The summed E-state index contributed by atoms with van der Waals surface area (Å²) in [5.41, 5.74) is -1.91. The van der Waals surface area contributed by atoms with E-state index in [0.717, 1.165) is 27.4 Å². The van der Waals surface area contributed by atoms with Crippen LogP contribution >= 0.6 is 0 Å². The minimum Gasteiger partial charge on any atom is -0.276 e. The minimum atomic E-state index is -4.40. The standard InChI is InChI=1S/C20H25N5O6S/c1-4-6-11-22-18-17(19(26)23(20(22)27)12-7-5-2)24(14(3)21-18)32(30,31)16-10-8-9-15(13-16)25(28)29/h8-10,13H,4-7,11-12H2,1-3H3. The van der Waals surface area contributed by atoms with Crippen LogP contribution in [0.2, 0.25) is 0 Å². The molecule has 0 aliphatic rings. The van der Waals surface area contributed by atoms with Gasteiger partial charge >= 0.3 is 5.69 Å². The molecule has 0 aliphatic carbocycles. The molecule has 1 aromatic carbocycles. The highest BCUT2D eigenvalue weighted by atomic mass is 32.2. The number of fused-ring (bicyclic) bond motifs is 1. The van der Waals surface area contributed by atoms with Crippen LogP contribution in [0.15, 0.2) is 38.8 Å². The van der Waals surface area contributed by atoms with E-state index in [9.17, 15) is 28.1 Å². The zero-order valence-electron chi connectivity index (χ0n) is 18.1. The van der Waals surface area contributed by atoms with Crippen LogP contribution in [0.5, 0.6) is 0 Å². The van der Waals surface area contributed by atoms with Crippen LogP contribution < -0.4 is 11.2 Å². The molecular formula is C20H25N5O6S.